The summed E-state index contributed by atoms with van der Waals surface area (Å²) in [7, 11) is 1.69. The van der Waals surface area contributed by atoms with Crippen molar-refractivity contribution < 1.29 is 14.3 Å². The number of para-hydroxylation sites is 1. The number of likely N-dealkylation sites (N-methyl/N-ethyl adjacent to an activating group) is 1. The minimum absolute atomic E-state index is 0.180. The van der Waals surface area contributed by atoms with E-state index in [0.29, 0.717) is 17.2 Å². The van der Waals surface area contributed by atoms with Gasteiger partial charge in [-0.25, -0.2) is 4.68 Å². The molecule has 7 heteroatoms. The van der Waals surface area contributed by atoms with Crippen LogP contribution in [0.3, 0.4) is 0 Å². The molecule has 0 saturated heterocycles. The number of carbonyl (C=O) groups is 1. The third-order valence-electron chi connectivity index (χ3n) is 4.97. The zero-order chi connectivity index (χ0) is 20.6. The summed E-state index contributed by atoms with van der Waals surface area (Å²) in [6, 6.07) is 17.8. The maximum Gasteiger partial charge on any atom is 0.267 e. The van der Waals surface area contributed by atoms with Gasteiger partial charge in [0.1, 0.15) is 5.54 Å². The summed E-state index contributed by atoms with van der Waals surface area (Å²) in [6.07, 6.45) is 0. The molecule has 7 nitrogen and oxygen atoms in total. The van der Waals surface area contributed by atoms with Gasteiger partial charge in [-0.2, -0.15) is 5.10 Å². The van der Waals surface area contributed by atoms with Crippen LogP contribution >= 0.6 is 0 Å². The highest BCUT2D eigenvalue weighted by atomic mass is 16.7. The normalized spacial score (nSPS) is 12.7. The molecule has 0 bridgehead atoms. The van der Waals surface area contributed by atoms with Crippen LogP contribution in [0.25, 0.3) is 11.3 Å². The second kappa shape index (κ2) is 7.09. The summed E-state index contributed by atoms with van der Waals surface area (Å²) < 4.78 is 12.0. The number of amides is 1. The van der Waals surface area contributed by atoms with Crippen molar-refractivity contribution >= 4 is 11.6 Å². The second-order valence-electron chi connectivity index (χ2n) is 7.30. The minimum atomic E-state index is -1.19. The Morgan fingerprint density at radius 1 is 1.03 bits per heavy atom. The molecule has 0 atom stereocenters. The third kappa shape index (κ3) is 3.35. The van der Waals surface area contributed by atoms with Crippen LogP contribution in [0.5, 0.6) is 11.5 Å². The lowest BCUT2D eigenvalue weighted by Gasteiger charge is -2.30. The van der Waals surface area contributed by atoms with Crippen molar-refractivity contribution in [1.82, 2.24) is 9.78 Å². The molecular formula is C22H21N3O4. The summed E-state index contributed by atoms with van der Waals surface area (Å²) in [5.41, 5.74) is 0.530. The molecule has 2 aromatic carbocycles. The Balaban J connectivity index is 1.71. The first-order chi connectivity index (χ1) is 13.9. The highest BCUT2D eigenvalue weighted by molar-refractivity contribution is 5.97. The molecule has 3 aromatic rings. The highest BCUT2D eigenvalue weighted by Crippen LogP contribution is 2.35. The molecule has 1 aromatic heterocycles. The van der Waals surface area contributed by atoms with Crippen LogP contribution in [-0.4, -0.2) is 29.5 Å². The van der Waals surface area contributed by atoms with Crippen molar-refractivity contribution in [3.8, 4) is 22.8 Å². The fraction of sp³-hybridized carbons (Fsp3) is 0.227. The fourth-order valence-corrected chi connectivity index (χ4v) is 3.29. The van der Waals surface area contributed by atoms with Crippen molar-refractivity contribution in [3.63, 3.8) is 0 Å². The van der Waals surface area contributed by atoms with Gasteiger partial charge in [0.25, 0.3) is 11.5 Å². The van der Waals surface area contributed by atoms with Crippen LogP contribution in [0.15, 0.2) is 65.5 Å². The Labute approximate surface area is 168 Å². The number of benzene rings is 2. The smallest absolute Gasteiger partial charge is 0.267 e. The highest BCUT2D eigenvalue weighted by Gasteiger charge is 2.35. The predicted molar refractivity (Wildman–Crippen MR) is 109 cm³/mol. The zero-order valence-corrected chi connectivity index (χ0v) is 16.5. The van der Waals surface area contributed by atoms with E-state index < -0.39 is 5.54 Å². The molecule has 0 spiro atoms. The Kier molecular flexibility index (Phi) is 4.58. The average molecular weight is 391 g/mol. The maximum atomic E-state index is 13.2. The lowest BCUT2D eigenvalue weighted by atomic mass is 10.0. The van der Waals surface area contributed by atoms with E-state index in [1.807, 2.05) is 42.5 Å². The Bertz CT molecular complexity index is 1120. The summed E-state index contributed by atoms with van der Waals surface area (Å²) in [5.74, 6) is 1.05. The first kappa shape index (κ1) is 18.7. The summed E-state index contributed by atoms with van der Waals surface area (Å²) in [4.78, 5) is 27.3. The lowest BCUT2D eigenvalue weighted by Crippen LogP contribution is -2.50. The fourth-order valence-electron chi connectivity index (χ4n) is 3.29. The molecule has 0 aliphatic carbocycles. The molecule has 0 N–H and O–H groups in total. The van der Waals surface area contributed by atoms with E-state index in [1.165, 1.54) is 15.6 Å². The number of hydrogen-bond acceptors (Lipinski definition) is 5. The molecule has 1 amide bonds. The van der Waals surface area contributed by atoms with Gasteiger partial charge in [-0.1, -0.05) is 18.2 Å². The van der Waals surface area contributed by atoms with Gasteiger partial charge in [-0.3, -0.25) is 9.59 Å². The molecule has 4 rings (SSSR count). The number of carbonyl (C=O) groups excluding carboxylic acids is 1. The number of rotatable bonds is 4. The number of fused-ring (bicyclic) bond motifs is 1. The largest absolute Gasteiger partial charge is 0.454 e. The van der Waals surface area contributed by atoms with Gasteiger partial charge in [0.15, 0.2) is 11.5 Å². The molecular weight excluding hydrogens is 370 g/mol. The van der Waals surface area contributed by atoms with E-state index in [9.17, 15) is 9.59 Å². The van der Waals surface area contributed by atoms with E-state index >= 15 is 0 Å². The zero-order valence-electron chi connectivity index (χ0n) is 16.5. The van der Waals surface area contributed by atoms with Gasteiger partial charge in [-0.15, -0.1) is 0 Å². The molecule has 0 fully saturated rings. The van der Waals surface area contributed by atoms with Crippen molar-refractivity contribution in [2.45, 2.75) is 19.4 Å². The Morgan fingerprint density at radius 3 is 2.52 bits per heavy atom. The summed E-state index contributed by atoms with van der Waals surface area (Å²) >= 11 is 0. The molecule has 0 unspecified atom stereocenters. The monoisotopic (exact) mass is 391 g/mol. The number of hydrogen-bond donors (Lipinski definition) is 0. The molecule has 148 valence electrons. The van der Waals surface area contributed by atoms with Crippen molar-refractivity contribution in [3.05, 3.63) is 71.0 Å². The minimum Gasteiger partial charge on any atom is -0.454 e. The van der Waals surface area contributed by atoms with Crippen LogP contribution < -0.4 is 19.9 Å². The van der Waals surface area contributed by atoms with E-state index in [2.05, 4.69) is 5.10 Å². The summed E-state index contributed by atoms with van der Waals surface area (Å²) in [6.45, 7) is 3.55. The van der Waals surface area contributed by atoms with E-state index in [-0.39, 0.29) is 18.3 Å². The van der Waals surface area contributed by atoms with Crippen LogP contribution in [0, 0.1) is 0 Å². The van der Waals surface area contributed by atoms with Crippen LogP contribution in [0.1, 0.15) is 13.8 Å². The first-order valence-electron chi connectivity index (χ1n) is 9.22. The second-order valence-corrected chi connectivity index (χ2v) is 7.30. The third-order valence-corrected chi connectivity index (χ3v) is 4.97. The molecule has 29 heavy (non-hydrogen) atoms. The standard InChI is InChI=1S/C22H21N3O4/c1-22(2,21(27)24(3)16-7-5-4-6-8-16)25-20(26)12-10-17(23-25)15-9-11-18-19(13-15)29-14-28-18/h4-13H,14H2,1-3H3. The first-order valence-corrected chi connectivity index (χ1v) is 9.22. The average Bonchev–Trinajstić information content (AvgIpc) is 3.21. The van der Waals surface area contributed by atoms with Crippen molar-refractivity contribution in [2.24, 2.45) is 0 Å². The molecule has 1 aliphatic heterocycles. The van der Waals surface area contributed by atoms with E-state index in [4.69, 9.17) is 9.47 Å². The molecule has 0 saturated carbocycles. The topological polar surface area (TPSA) is 73.7 Å². The van der Waals surface area contributed by atoms with Gasteiger partial charge in [0.2, 0.25) is 6.79 Å². The van der Waals surface area contributed by atoms with Gasteiger partial charge in [0, 0.05) is 24.4 Å². The Morgan fingerprint density at radius 2 is 1.76 bits per heavy atom. The molecule has 0 radical (unpaired) electrons. The SMILES string of the molecule is CN(C(=O)C(C)(C)n1nc(-c2ccc3c(c2)OCO3)ccc1=O)c1ccccc1. The number of nitrogens with zero attached hydrogens (tertiary/aromatic N) is 3. The van der Waals surface area contributed by atoms with Gasteiger partial charge in [-0.05, 0) is 50.2 Å². The predicted octanol–water partition coefficient (Wildman–Crippen LogP) is 3.04. The Hall–Kier alpha value is -3.61. The quantitative estimate of drug-likeness (QED) is 0.684. The van der Waals surface area contributed by atoms with E-state index in [0.717, 1.165) is 11.3 Å². The van der Waals surface area contributed by atoms with Gasteiger partial charge < -0.3 is 14.4 Å². The number of ether oxygens (including phenoxy) is 2. The van der Waals surface area contributed by atoms with Gasteiger partial charge in [0.05, 0.1) is 5.69 Å². The van der Waals surface area contributed by atoms with E-state index in [1.54, 1.807) is 33.0 Å². The number of anilines is 1. The van der Waals surface area contributed by atoms with Crippen LogP contribution in [-0.2, 0) is 10.3 Å². The van der Waals surface area contributed by atoms with Crippen molar-refractivity contribution in [2.75, 3.05) is 18.7 Å². The number of aromatic nitrogens is 2. The van der Waals surface area contributed by atoms with Crippen molar-refractivity contribution in [1.29, 1.82) is 0 Å². The van der Waals surface area contributed by atoms with Gasteiger partial charge >= 0.3 is 0 Å². The molecule has 2 heterocycles. The van der Waals surface area contributed by atoms with Crippen LogP contribution in [0.2, 0.25) is 0 Å². The summed E-state index contributed by atoms with van der Waals surface area (Å²) in [5, 5.41) is 4.50. The molecule has 1 aliphatic rings. The lowest BCUT2D eigenvalue weighted by molar-refractivity contribution is -0.126. The maximum absolute atomic E-state index is 13.2. The van der Waals surface area contributed by atoms with Crippen LogP contribution in [0.4, 0.5) is 5.69 Å².